The third-order valence-electron chi connectivity index (χ3n) is 5.00. The monoisotopic (exact) mass is 408 g/mol. The number of fused-ring (bicyclic) bond motifs is 1. The molecule has 0 aliphatic carbocycles. The minimum Gasteiger partial charge on any atom is -0.482 e. The zero-order valence-corrected chi connectivity index (χ0v) is 16.1. The van der Waals surface area contributed by atoms with Crippen molar-refractivity contribution in [3.63, 3.8) is 0 Å². The fourth-order valence-corrected chi connectivity index (χ4v) is 5.80. The zero-order chi connectivity index (χ0) is 19.0. The molecule has 9 heteroatoms. The Bertz CT molecular complexity index is 935. The number of aliphatic hydroxyl groups excluding tert-OH is 1. The lowest BCUT2D eigenvalue weighted by atomic mass is 9.91. The third-order valence-corrected chi connectivity index (χ3v) is 7.84. The molecule has 0 saturated carbocycles. The van der Waals surface area contributed by atoms with Gasteiger partial charge in [-0.1, -0.05) is 6.07 Å². The summed E-state index contributed by atoms with van der Waals surface area (Å²) >= 11 is 1.51. The number of ether oxygens (including phenoxy) is 1. The van der Waals surface area contributed by atoms with E-state index in [4.69, 9.17) is 4.74 Å². The highest BCUT2D eigenvalue weighted by atomic mass is 32.2. The van der Waals surface area contributed by atoms with Crippen molar-refractivity contribution in [3.8, 4) is 5.75 Å². The Kier molecular flexibility index (Phi) is 4.94. The second-order valence-electron chi connectivity index (χ2n) is 6.70. The summed E-state index contributed by atoms with van der Waals surface area (Å²) in [6.45, 7) is 0.643. The minimum atomic E-state index is -3.67. The number of hydrogen-bond donors (Lipinski definition) is 2. The summed E-state index contributed by atoms with van der Waals surface area (Å²) in [5.74, 6) is 0.207. The number of nitrogens with zero attached hydrogens (tertiary/aromatic N) is 1. The number of thiophene rings is 1. The van der Waals surface area contributed by atoms with Gasteiger partial charge in [-0.2, -0.15) is 4.31 Å². The predicted octanol–water partition coefficient (Wildman–Crippen LogP) is 2.21. The lowest BCUT2D eigenvalue weighted by Crippen LogP contribution is -2.39. The second-order valence-corrected chi connectivity index (χ2v) is 9.61. The minimum absolute atomic E-state index is 0.0475. The molecule has 2 aliphatic rings. The summed E-state index contributed by atoms with van der Waals surface area (Å²) in [5.41, 5.74) is 0.371. The van der Waals surface area contributed by atoms with Gasteiger partial charge in [-0.3, -0.25) is 4.79 Å². The predicted molar refractivity (Wildman–Crippen MR) is 101 cm³/mol. The lowest BCUT2D eigenvalue weighted by Gasteiger charge is -2.33. The molecule has 2 aromatic rings. The molecular formula is C18H20N2O5S2. The summed E-state index contributed by atoms with van der Waals surface area (Å²) in [7, 11) is -3.67. The molecule has 27 heavy (non-hydrogen) atoms. The number of piperidine rings is 1. The van der Waals surface area contributed by atoms with Gasteiger partial charge in [0.25, 0.3) is 5.91 Å². The van der Waals surface area contributed by atoms with Crippen LogP contribution < -0.4 is 10.1 Å². The van der Waals surface area contributed by atoms with E-state index < -0.39 is 16.1 Å². The number of amides is 1. The number of rotatable bonds is 4. The Hall–Kier alpha value is -1.94. The van der Waals surface area contributed by atoms with Crippen molar-refractivity contribution < 1.29 is 23.1 Å². The van der Waals surface area contributed by atoms with E-state index in [9.17, 15) is 18.3 Å². The quantitative estimate of drug-likeness (QED) is 0.809. The number of sulfonamides is 1. The van der Waals surface area contributed by atoms with Gasteiger partial charge in [0.15, 0.2) is 6.61 Å². The number of anilines is 1. The normalized spacial score (nSPS) is 19.8. The van der Waals surface area contributed by atoms with Gasteiger partial charge in [0.1, 0.15) is 5.75 Å². The van der Waals surface area contributed by atoms with Crippen LogP contribution in [0.2, 0.25) is 0 Å². The number of hydrogen-bond acceptors (Lipinski definition) is 6. The van der Waals surface area contributed by atoms with E-state index in [0.29, 0.717) is 37.4 Å². The zero-order valence-electron chi connectivity index (χ0n) is 14.5. The highest BCUT2D eigenvalue weighted by Crippen LogP contribution is 2.36. The van der Waals surface area contributed by atoms with E-state index >= 15 is 0 Å². The van der Waals surface area contributed by atoms with Crippen LogP contribution in [0.4, 0.5) is 5.69 Å². The smallest absolute Gasteiger partial charge is 0.262 e. The van der Waals surface area contributed by atoms with E-state index in [1.165, 1.54) is 27.8 Å². The molecule has 3 heterocycles. The van der Waals surface area contributed by atoms with E-state index in [1.54, 1.807) is 6.07 Å². The molecule has 0 spiro atoms. The van der Waals surface area contributed by atoms with Crippen LogP contribution in [0.1, 0.15) is 23.8 Å². The molecule has 1 aromatic heterocycles. The van der Waals surface area contributed by atoms with Crippen molar-refractivity contribution in [2.24, 2.45) is 5.92 Å². The Labute approximate surface area is 161 Å². The summed E-state index contributed by atoms with van der Waals surface area (Å²) in [6, 6.07) is 8.31. The van der Waals surface area contributed by atoms with E-state index in [1.807, 2.05) is 17.5 Å². The van der Waals surface area contributed by atoms with Gasteiger partial charge >= 0.3 is 0 Å². The SMILES string of the molecule is O=C1COc2ccc(S(=O)(=O)N3CCC(C(O)c4cccs4)CC3)cc2N1. The summed E-state index contributed by atoms with van der Waals surface area (Å²) < 4.78 is 32.7. The molecule has 0 radical (unpaired) electrons. The number of benzene rings is 1. The van der Waals surface area contributed by atoms with E-state index in [2.05, 4.69) is 5.32 Å². The van der Waals surface area contributed by atoms with Gasteiger partial charge in [0, 0.05) is 18.0 Å². The third kappa shape index (κ3) is 3.60. The van der Waals surface area contributed by atoms with Crippen molar-refractivity contribution in [2.75, 3.05) is 25.0 Å². The highest BCUT2D eigenvalue weighted by molar-refractivity contribution is 7.89. The molecule has 1 aromatic carbocycles. The first-order valence-electron chi connectivity index (χ1n) is 8.73. The number of carbonyl (C=O) groups excluding carboxylic acids is 1. The molecule has 1 amide bonds. The van der Waals surface area contributed by atoms with Crippen LogP contribution in [0, 0.1) is 5.92 Å². The van der Waals surface area contributed by atoms with Crippen LogP contribution in [0.3, 0.4) is 0 Å². The average Bonchev–Trinajstić information content (AvgIpc) is 3.21. The lowest BCUT2D eigenvalue weighted by molar-refractivity contribution is -0.118. The fraction of sp³-hybridized carbons (Fsp3) is 0.389. The molecule has 0 bridgehead atoms. The first-order chi connectivity index (χ1) is 12.9. The van der Waals surface area contributed by atoms with Crippen LogP contribution in [-0.2, 0) is 14.8 Å². The van der Waals surface area contributed by atoms with Crippen LogP contribution in [0.15, 0.2) is 40.6 Å². The molecule has 144 valence electrons. The summed E-state index contributed by atoms with van der Waals surface area (Å²) in [6.07, 6.45) is 0.651. The van der Waals surface area contributed by atoms with Crippen LogP contribution in [-0.4, -0.2) is 43.4 Å². The fourth-order valence-electron chi connectivity index (χ4n) is 3.50. The molecule has 2 aliphatic heterocycles. The molecule has 1 unspecified atom stereocenters. The van der Waals surface area contributed by atoms with Gasteiger partial charge < -0.3 is 15.2 Å². The first kappa shape index (κ1) is 18.4. The second kappa shape index (κ2) is 7.23. The van der Waals surface area contributed by atoms with Gasteiger partial charge in [0.2, 0.25) is 10.0 Å². The molecule has 7 nitrogen and oxygen atoms in total. The maximum Gasteiger partial charge on any atom is 0.262 e. The Morgan fingerprint density at radius 1 is 1.26 bits per heavy atom. The van der Waals surface area contributed by atoms with E-state index in [-0.39, 0.29) is 23.3 Å². The van der Waals surface area contributed by atoms with Gasteiger partial charge in [-0.25, -0.2) is 8.42 Å². The summed E-state index contributed by atoms with van der Waals surface area (Å²) in [4.78, 5) is 12.5. The number of aliphatic hydroxyl groups is 1. The Morgan fingerprint density at radius 2 is 2.04 bits per heavy atom. The van der Waals surface area contributed by atoms with Gasteiger partial charge in [0.05, 0.1) is 16.7 Å². The molecule has 2 N–H and O–H groups in total. The number of nitrogens with one attached hydrogen (secondary N) is 1. The van der Waals surface area contributed by atoms with Crippen LogP contribution >= 0.6 is 11.3 Å². The Morgan fingerprint density at radius 3 is 2.74 bits per heavy atom. The van der Waals surface area contributed by atoms with Gasteiger partial charge in [-0.05, 0) is 48.4 Å². The van der Waals surface area contributed by atoms with Crippen molar-refractivity contribution in [1.82, 2.24) is 4.31 Å². The van der Waals surface area contributed by atoms with Crippen molar-refractivity contribution in [3.05, 3.63) is 40.6 Å². The van der Waals surface area contributed by atoms with Crippen molar-refractivity contribution >= 4 is 33.0 Å². The maximum atomic E-state index is 13.0. The average molecular weight is 409 g/mol. The molecule has 1 atom stereocenters. The molecule has 1 fully saturated rings. The topological polar surface area (TPSA) is 95.9 Å². The standard InChI is InChI=1S/C18H20N2O5S2/c21-17-11-25-15-4-3-13(10-14(15)19-17)27(23,24)20-7-5-12(6-8-20)18(22)16-2-1-9-26-16/h1-4,9-10,12,18,22H,5-8,11H2,(H,19,21). The Balaban J connectivity index is 1.47. The van der Waals surface area contributed by atoms with Gasteiger partial charge in [-0.15, -0.1) is 11.3 Å². The number of carbonyl (C=O) groups is 1. The van der Waals surface area contributed by atoms with Crippen molar-refractivity contribution in [1.29, 1.82) is 0 Å². The summed E-state index contributed by atoms with van der Waals surface area (Å²) in [5, 5.41) is 15.0. The first-order valence-corrected chi connectivity index (χ1v) is 11.1. The molecule has 1 saturated heterocycles. The van der Waals surface area contributed by atoms with Crippen molar-refractivity contribution in [2.45, 2.75) is 23.8 Å². The van der Waals surface area contributed by atoms with Crippen LogP contribution in [0.25, 0.3) is 0 Å². The van der Waals surface area contributed by atoms with E-state index in [0.717, 1.165) is 4.88 Å². The largest absolute Gasteiger partial charge is 0.482 e. The molecular weight excluding hydrogens is 388 g/mol. The highest BCUT2D eigenvalue weighted by Gasteiger charge is 2.33. The van der Waals surface area contributed by atoms with Crippen LogP contribution in [0.5, 0.6) is 5.75 Å². The molecule has 4 rings (SSSR count). The maximum absolute atomic E-state index is 13.0.